The molecule has 0 heterocycles. The number of nitrogens with zero attached hydrogens (tertiary/aromatic N) is 1. The molecule has 0 unspecified atom stereocenters. The number of hydrogen-bond acceptors (Lipinski definition) is 4. The lowest BCUT2D eigenvalue weighted by molar-refractivity contribution is -0.116. The molecular formula is C20H24N2O4. The molecule has 6 nitrogen and oxygen atoms in total. The van der Waals surface area contributed by atoms with Gasteiger partial charge in [0.25, 0.3) is 5.91 Å². The number of ether oxygens (including phenoxy) is 2. The third-order valence-corrected chi connectivity index (χ3v) is 3.93. The minimum atomic E-state index is -0.120. The number of methoxy groups -OCH3 is 2. The number of hydrogen-bond donors (Lipinski definition) is 1. The van der Waals surface area contributed by atoms with Crippen molar-refractivity contribution in [1.82, 2.24) is 4.90 Å². The van der Waals surface area contributed by atoms with Gasteiger partial charge in [0, 0.05) is 32.1 Å². The molecule has 26 heavy (non-hydrogen) atoms. The van der Waals surface area contributed by atoms with Gasteiger partial charge >= 0.3 is 0 Å². The van der Waals surface area contributed by atoms with Gasteiger partial charge < -0.3 is 19.7 Å². The standard InChI is InChI=1S/C20H24N2O4/c1-22(2)20(24)15-8-5-14(6-9-15)7-12-19(23)21-17-13-16(25-3)10-11-18(17)26-4/h5-6,8-11,13H,7,12H2,1-4H3,(H,21,23). The highest BCUT2D eigenvalue weighted by Gasteiger charge is 2.10. The van der Waals surface area contributed by atoms with Crippen LogP contribution < -0.4 is 14.8 Å². The summed E-state index contributed by atoms with van der Waals surface area (Å²) in [6.07, 6.45) is 0.899. The first-order valence-corrected chi connectivity index (χ1v) is 8.27. The van der Waals surface area contributed by atoms with Gasteiger partial charge in [-0.15, -0.1) is 0 Å². The molecule has 2 aromatic rings. The Morgan fingerprint density at radius 3 is 2.27 bits per heavy atom. The summed E-state index contributed by atoms with van der Waals surface area (Å²) in [6.45, 7) is 0. The highest BCUT2D eigenvalue weighted by Crippen LogP contribution is 2.29. The largest absolute Gasteiger partial charge is 0.497 e. The van der Waals surface area contributed by atoms with E-state index in [4.69, 9.17) is 9.47 Å². The Morgan fingerprint density at radius 1 is 1.00 bits per heavy atom. The minimum absolute atomic E-state index is 0.0422. The summed E-state index contributed by atoms with van der Waals surface area (Å²) in [4.78, 5) is 25.7. The average molecular weight is 356 g/mol. The van der Waals surface area contributed by atoms with Crippen molar-refractivity contribution in [2.24, 2.45) is 0 Å². The zero-order valence-electron chi connectivity index (χ0n) is 15.5. The molecule has 2 aromatic carbocycles. The third-order valence-electron chi connectivity index (χ3n) is 3.93. The second-order valence-electron chi connectivity index (χ2n) is 6.01. The Kier molecular flexibility index (Phi) is 6.60. The van der Waals surface area contributed by atoms with Gasteiger partial charge in [-0.3, -0.25) is 9.59 Å². The minimum Gasteiger partial charge on any atom is -0.497 e. The molecular weight excluding hydrogens is 332 g/mol. The molecule has 6 heteroatoms. The van der Waals surface area contributed by atoms with Gasteiger partial charge in [-0.25, -0.2) is 0 Å². The van der Waals surface area contributed by atoms with Gasteiger partial charge in [-0.05, 0) is 36.2 Å². The maximum atomic E-state index is 12.2. The van der Waals surface area contributed by atoms with Gasteiger partial charge in [0.05, 0.1) is 19.9 Å². The summed E-state index contributed by atoms with van der Waals surface area (Å²) in [7, 11) is 6.55. The summed E-state index contributed by atoms with van der Waals surface area (Å²) >= 11 is 0. The van der Waals surface area contributed by atoms with Gasteiger partial charge in [0.1, 0.15) is 11.5 Å². The van der Waals surface area contributed by atoms with Crippen LogP contribution in [-0.4, -0.2) is 45.0 Å². The molecule has 2 rings (SSSR count). The van der Waals surface area contributed by atoms with Crippen molar-refractivity contribution in [3.05, 3.63) is 53.6 Å². The molecule has 1 N–H and O–H groups in total. The second-order valence-corrected chi connectivity index (χ2v) is 6.01. The van der Waals surface area contributed by atoms with Crippen LogP contribution >= 0.6 is 0 Å². The highest BCUT2D eigenvalue weighted by atomic mass is 16.5. The van der Waals surface area contributed by atoms with Crippen molar-refractivity contribution in [2.75, 3.05) is 33.6 Å². The zero-order valence-corrected chi connectivity index (χ0v) is 15.5. The lowest BCUT2D eigenvalue weighted by Crippen LogP contribution is -2.21. The Morgan fingerprint density at radius 2 is 1.69 bits per heavy atom. The maximum absolute atomic E-state index is 12.2. The molecule has 0 saturated heterocycles. The fourth-order valence-electron chi connectivity index (χ4n) is 2.45. The molecule has 0 atom stereocenters. The molecule has 0 radical (unpaired) electrons. The Bertz CT molecular complexity index is 770. The molecule has 0 saturated carbocycles. The van der Waals surface area contributed by atoms with Crippen LogP contribution in [0, 0.1) is 0 Å². The molecule has 0 aliphatic rings. The first kappa shape index (κ1) is 19.3. The molecule has 0 bridgehead atoms. The van der Waals surface area contributed by atoms with E-state index in [2.05, 4.69) is 5.32 Å². The Balaban J connectivity index is 1.96. The normalized spacial score (nSPS) is 10.2. The number of amides is 2. The van der Waals surface area contributed by atoms with E-state index in [1.54, 1.807) is 58.6 Å². The van der Waals surface area contributed by atoms with Crippen molar-refractivity contribution in [3.8, 4) is 11.5 Å². The number of anilines is 1. The predicted octanol–water partition coefficient (Wildman–Crippen LogP) is 2.98. The summed E-state index contributed by atoms with van der Waals surface area (Å²) in [5.74, 6) is 1.05. The summed E-state index contributed by atoms with van der Waals surface area (Å²) in [5, 5.41) is 2.85. The number of carbonyl (C=O) groups is 2. The van der Waals surface area contributed by atoms with Crippen molar-refractivity contribution in [2.45, 2.75) is 12.8 Å². The third kappa shape index (κ3) is 4.99. The molecule has 0 aromatic heterocycles. The van der Waals surface area contributed by atoms with E-state index >= 15 is 0 Å². The van der Waals surface area contributed by atoms with E-state index in [0.717, 1.165) is 5.56 Å². The van der Waals surface area contributed by atoms with E-state index in [0.29, 0.717) is 35.6 Å². The molecule has 0 aliphatic carbocycles. The van der Waals surface area contributed by atoms with E-state index in [-0.39, 0.29) is 11.8 Å². The zero-order chi connectivity index (χ0) is 19.1. The summed E-state index contributed by atoms with van der Waals surface area (Å²) in [5.41, 5.74) is 2.20. The lowest BCUT2D eigenvalue weighted by atomic mass is 10.1. The molecule has 0 spiro atoms. The van der Waals surface area contributed by atoms with Crippen LogP contribution in [0.1, 0.15) is 22.3 Å². The first-order chi connectivity index (χ1) is 12.4. The fourth-order valence-corrected chi connectivity index (χ4v) is 2.45. The number of nitrogens with one attached hydrogen (secondary N) is 1. The average Bonchev–Trinajstić information content (AvgIpc) is 2.66. The van der Waals surface area contributed by atoms with Gasteiger partial charge in [-0.2, -0.15) is 0 Å². The van der Waals surface area contributed by atoms with E-state index < -0.39 is 0 Å². The van der Waals surface area contributed by atoms with Crippen LogP contribution in [0.4, 0.5) is 5.69 Å². The van der Waals surface area contributed by atoms with Crippen molar-refractivity contribution >= 4 is 17.5 Å². The van der Waals surface area contributed by atoms with Gasteiger partial charge in [0.2, 0.25) is 5.91 Å². The first-order valence-electron chi connectivity index (χ1n) is 8.27. The van der Waals surface area contributed by atoms with Crippen LogP contribution in [0.5, 0.6) is 11.5 Å². The smallest absolute Gasteiger partial charge is 0.253 e. The fraction of sp³-hybridized carbons (Fsp3) is 0.300. The van der Waals surface area contributed by atoms with Crippen LogP contribution in [0.15, 0.2) is 42.5 Å². The Labute approximate surface area is 153 Å². The van der Waals surface area contributed by atoms with Crippen LogP contribution in [-0.2, 0) is 11.2 Å². The SMILES string of the molecule is COc1ccc(OC)c(NC(=O)CCc2ccc(C(=O)N(C)C)cc2)c1. The molecule has 2 amide bonds. The summed E-state index contributed by atoms with van der Waals surface area (Å²) < 4.78 is 10.4. The van der Waals surface area contributed by atoms with Crippen molar-refractivity contribution < 1.29 is 19.1 Å². The van der Waals surface area contributed by atoms with E-state index in [1.165, 1.54) is 4.90 Å². The molecule has 0 fully saturated rings. The Hall–Kier alpha value is -3.02. The monoisotopic (exact) mass is 356 g/mol. The quantitative estimate of drug-likeness (QED) is 0.828. The van der Waals surface area contributed by atoms with Gasteiger partial charge in [0.15, 0.2) is 0 Å². The molecule has 0 aliphatic heterocycles. The number of aryl methyl sites for hydroxylation is 1. The number of benzene rings is 2. The molecule has 138 valence electrons. The van der Waals surface area contributed by atoms with Crippen LogP contribution in [0.2, 0.25) is 0 Å². The van der Waals surface area contributed by atoms with E-state index in [1.807, 2.05) is 12.1 Å². The maximum Gasteiger partial charge on any atom is 0.253 e. The van der Waals surface area contributed by atoms with Crippen molar-refractivity contribution in [1.29, 1.82) is 0 Å². The topological polar surface area (TPSA) is 67.9 Å². The van der Waals surface area contributed by atoms with Gasteiger partial charge in [-0.1, -0.05) is 12.1 Å². The van der Waals surface area contributed by atoms with Crippen LogP contribution in [0.3, 0.4) is 0 Å². The predicted molar refractivity (Wildman–Crippen MR) is 101 cm³/mol. The highest BCUT2D eigenvalue weighted by molar-refractivity contribution is 5.94. The van der Waals surface area contributed by atoms with Crippen molar-refractivity contribution in [3.63, 3.8) is 0 Å². The van der Waals surface area contributed by atoms with Crippen LogP contribution in [0.25, 0.3) is 0 Å². The number of carbonyl (C=O) groups excluding carboxylic acids is 2. The van der Waals surface area contributed by atoms with E-state index in [9.17, 15) is 9.59 Å². The number of rotatable bonds is 7. The summed E-state index contributed by atoms with van der Waals surface area (Å²) in [6, 6.07) is 12.5. The second kappa shape index (κ2) is 8.89. The lowest BCUT2D eigenvalue weighted by Gasteiger charge is -2.12.